The third-order valence-corrected chi connectivity index (χ3v) is 4.28. The maximum Gasteiger partial charge on any atom is 0.0665 e. The molecule has 1 heterocycles. The first-order valence-corrected chi connectivity index (χ1v) is 7.32. The van der Waals surface area contributed by atoms with Gasteiger partial charge in [-0.05, 0) is 30.9 Å². The molecular weight excluding hydrogens is 240 g/mol. The van der Waals surface area contributed by atoms with Crippen LogP contribution < -0.4 is 0 Å². The second-order valence-electron chi connectivity index (χ2n) is 4.10. The van der Waals surface area contributed by atoms with Crippen LogP contribution in [0.1, 0.15) is 24.8 Å². The van der Waals surface area contributed by atoms with Gasteiger partial charge in [-0.2, -0.15) is 11.8 Å². The average Bonchev–Trinajstić information content (AvgIpc) is 2.33. The van der Waals surface area contributed by atoms with Gasteiger partial charge >= 0.3 is 0 Å². The van der Waals surface area contributed by atoms with E-state index in [1.165, 1.54) is 24.8 Å². The Balaban J connectivity index is 1.73. The fraction of sp³-hybridized carbons (Fsp3) is 0.538. The first-order chi connectivity index (χ1) is 7.86. The SMILES string of the molecule is Clc1ccccc1CSCC1CCCCO1. The molecule has 1 aromatic carbocycles. The van der Waals surface area contributed by atoms with E-state index in [4.69, 9.17) is 16.3 Å². The van der Waals surface area contributed by atoms with Crippen molar-refractivity contribution in [2.75, 3.05) is 12.4 Å². The van der Waals surface area contributed by atoms with Crippen molar-refractivity contribution < 1.29 is 4.74 Å². The van der Waals surface area contributed by atoms with Crippen molar-refractivity contribution >= 4 is 23.4 Å². The topological polar surface area (TPSA) is 9.23 Å². The van der Waals surface area contributed by atoms with Gasteiger partial charge in [-0.3, -0.25) is 0 Å². The number of rotatable bonds is 4. The molecule has 0 saturated carbocycles. The van der Waals surface area contributed by atoms with Crippen LogP contribution in [0.4, 0.5) is 0 Å². The highest BCUT2D eigenvalue weighted by atomic mass is 35.5. The molecule has 0 aromatic heterocycles. The third kappa shape index (κ3) is 3.69. The Morgan fingerprint density at radius 1 is 1.31 bits per heavy atom. The van der Waals surface area contributed by atoms with Gasteiger partial charge in [0.05, 0.1) is 6.10 Å². The van der Waals surface area contributed by atoms with Crippen LogP contribution in [0.2, 0.25) is 5.02 Å². The molecule has 0 aliphatic carbocycles. The van der Waals surface area contributed by atoms with Crippen LogP contribution in [0.3, 0.4) is 0 Å². The Bertz CT molecular complexity index is 323. The summed E-state index contributed by atoms with van der Waals surface area (Å²) in [7, 11) is 0. The van der Waals surface area contributed by atoms with Crippen molar-refractivity contribution in [3.63, 3.8) is 0 Å². The van der Waals surface area contributed by atoms with E-state index in [0.29, 0.717) is 6.10 Å². The van der Waals surface area contributed by atoms with Crippen molar-refractivity contribution in [2.45, 2.75) is 31.1 Å². The van der Waals surface area contributed by atoms with Crippen LogP contribution in [-0.2, 0) is 10.5 Å². The molecule has 1 aliphatic rings. The largest absolute Gasteiger partial charge is 0.377 e. The normalized spacial score (nSPS) is 20.9. The standard InChI is InChI=1S/C13H17ClOS/c14-13-7-2-1-5-11(13)9-16-10-12-6-3-4-8-15-12/h1-2,5,7,12H,3-4,6,8-10H2. The van der Waals surface area contributed by atoms with Gasteiger partial charge in [-0.15, -0.1) is 0 Å². The maximum absolute atomic E-state index is 6.10. The molecule has 1 aromatic rings. The number of benzene rings is 1. The molecule has 3 heteroatoms. The summed E-state index contributed by atoms with van der Waals surface area (Å²) in [4.78, 5) is 0. The molecular formula is C13H17ClOS. The van der Waals surface area contributed by atoms with Gasteiger partial charge in [0, 0.05) is 23.1 Å². The van der Waals surface area contributed by atoms with Crippen molar-refractivity contribution in [2.24, 2.45) is 0 Å². The van der Waals surface area contributed by atoms with Gasteiger partial charge < -0.3 is 4.74 Å². The molecule has 1 nitrogen and oxygen atoms in total. The number of ether oxygens (including phenoxy) is 1. The lowest BCUT2D eigenvalue weighted by Gasteiger charge is -2.22. The predicted molar refractivity (Wildman–Crippen MR) is 71.2 cm³/mol. The van der Waals surface area contributed by atoms with E-state index in [-0.39, 0.29) is 0 Å². The Morgan fingerprint density at radius 3 is 2.94 bits per heavy atom. The highest BCUT2D eigenvalue weighted by Gasteiger charge is 2.13. The second-order valence-corrected chi connectivity index (χ2v) is 5.53. The van der Waals surface area contributed by atoms with Crippen LogP contribution in [-0.4, -0.2) is 18.5 Å². The maximum atomic E-state index is 6.10. The summed E-state index contributed by atoms with van der Waals surface area (Å²) in [6, 6.07) is 8.06. The first kappa shape index (κ1) is 12.3. The van der Waals surface area contributed by atoms with E-state index in [2.05, 4.69) is 6.07 Å². The highest BCUT2D eigenvalue weighted by Crippen LogP contribution is 2.23. The molecule has 2 rings (SSSR count). The molecule has 0 spiro atoms. The van der Waals surface area contributed by atoms with Crippen molar-refractivity contribution in [3.05, 3.63) is 34.9 Å². The summed E-state index contributed by atoms with van der Waals surface area (Å²) in [5.41, 5.74) is 1.23. The van der Waals surface area contributed by atoms with Crippen LogP contribution >= 0.6 is 23.4 Å². The minimum absolute atomic E-state index is 0.459. The molecule has 1 saturated heterocycles. The Morgan fingerprint density at radius 2 is 2.19 bits per heavy atom. The quantitative estimate of drug-likeness (QED) is 0.801. The lowest BCUT2D eigenvalue weighted by molar-refractivity contribution is 0.0315. The molecule has 88 valence electrons. The van der Waals surface area contributed by atoms with E-state index in [1.807, 2.05) is 30.0 Å². The fourth-order valence-electron chi connectivity index (χ4n) is 1.85. The molecule has 1 fully saturated rings. The van der Waals surface area contributed by atoms with E-state index >= 15 is 0 Å². The monoisotopic (exact) mass is 256 g/mol. The van der Waals surface area contributed by atoms with Crippen LogP contribution in [0.25, 0.3) is 0 Å². The minimum atomic E-state index is 0.459. The van der Waals surface area contributed by atoms with Crippen LogP contribution in [0.5, 0.6) is 0 Å². The Hall–Kier alpha value is -0.180. The lowest BCUT2D eigenvalue weighted by atomic mass is 10.1. The highest BCUT2D eigenvalue weighted by molar-refractivity contribution is 7.98. The zero-order valence-electron chi connectivity index (χ0n) is 9.32. The minimum Gasteiger partial charge on any atom is -0.377 e. The van der Waals surface area contributed by atoms with Gasteiger partial charge in [0.15, 0.2) is 0 Å². The summed E-state index contributed by atoms with van der Waals surface area (Å²) in [6.07, 6.45) is 4.22. The van der Waals surface area contributed by atoms with E-state index in [9.17, 15) is 0 Å². The lowest BCUT2D eigenvalue weighted by Crippen LogP contribution is -2.21. The zero-order chi connectivity index (χ0) is 11.2. The van der Waals surface area contributed by atoms with Gasteiger partial charge in [0.2, 0.25) is 0 Å². The molecule has 16 heavy (non-hydrogen) atoms. The molecule has 1 aliphatic heterocycles. The summed E-state index contributed by atoms with van der Waals surface area (Å²) < 4.78 is 5.69. The Kier molecular flexibility index (Phi) is 5.01. The van der Waals surface area contributed by atoms with Crippen LogP contribution in [0, 0.1) is 0 Å². The summed E-state index contributed by atoms with van der Waals surface area (Å²) >= 11 is 8.02. The number of hydrogen-bond acceptors (Lipinski definition) is 2. The van der Waals surface area contributed by atoms with E-state index in [0.717, 1.165) is 23.1 Å². The van der Waals surface area contributed by atoms with Gasteiger partial charge in [0.25, 0.3) is 0 Å². The van der Waals surface area contributed by atoms with Crippen LogP contribution in [0.15, 0.2) is 24.3 Å². The van der Waals surface area contributed by atoms with Gasteiger partial charge in [-0.1, -0.05) is 29.8 Å². The number of hydrogen-bond donors (Lipinski definition) is 0. The number of thioether (sulfide) groups is 1. The second kappa shape index (κ2) is 6.53. The molecule has 1 atom stereocenters. The average molecular weight is 257 g/mol. The zero-order valence-corrected chi connectivity index (χ0v) is 10.9. The smallest absolute Gasteiger partial charge is 0.0665 e. The molecule has 0 N–H and O–H groups in total. The Labute approximate surface area is 107 Å². The molecule has 1 unspecified atom stereocenters. The van der Waals surface area contributed by atoms with Crippen molar-refractivity contribution in [1.82, 2.24) is 0 Å². The van der Waals surface area contributed by atoms with Crippen molar-refractivity contribution in [1.29, 1.82) is 0 Å². The summed E-state index contributed by atoms with van der Waals surface area (Å²) in [6.45, 7) is 0.942. The first-order valence-electron chi connectivity index (χ1n) is 5.79. The van der Waals surface area contributed by atoms with Gasteiger partial charge in [-0.25, -0.2) is 0 Å². The molecule has 0 bridgehead atoms. The fourth-order valence-corrected chi connectivity index (χ4v) is 3.25. The third-order valence-electron chi connectivity index (χ3n) is 2.79. The number of halogens is 1. The van der Waals surface area contributed by atoms with Crippen molar-refractivity contribution in [3.8, 4) is 0 Å². The van der Waals surface area contributed by atoms with E-state index in [1.54, 1.807) is 0 Å². The summed E-state index contributed by atoms with van der Waals surface area (Å²) in [5, 5.41) is 0.875. The molecule has 0 radical (unpaired) electrons. The van der Waals surface area contributed by atoms with Gasteiger partial charge in [0.1, 0.15) is 0 Å². The molecule has 0 amide bonds. The summed E-state index contributed by atoms with van der Waals surface area (Å²) in [5.74, 6) is 2.07. The predicted octanol–water partition coefficient (Wildman–Crippen LogP) is 4.14. The van der Waals surface area contributed by atoms with E-state index < -0.39 is 0 Å².